The highest BCUT2D eigenvalue weighted by Crippen LogP contribution is 2.38. The predicted octanol–water partition coefficient (Wildman–Crippen LogP) is 7.02. The number of hydrazone groups is 1. The van der Waals surface area contributed by atoms with Crippen LogP contribution in [0.25, 0.3) is 6.08 Å². The topological polar surface area (TPSA) is 96.6 Å². The Morgan fingerprint density at radius 3 is 2.46 bits per heavy atom. The van der Waals surface area contributed by atoms with Crippen LogP contribution in [0, 0.1) is 5.41 Å². The largest absolute Gasteiger partial charge is 0.490 e. The number of halogens is 1. The number of thioether (sulfide) groups is 1. The molecular weight excluding hydrogens is 580 g/mol. The van der Waals surface area contributed by atoms with E-state index in [0.29, 0.717) is 46.5 Å². The Morgan fingerprint density at radius 2 is 1.79 bits per heavy atom. The molecule has 2 aliphatic rings. The molecule has 0 spiro atoms. The Morgan fingerprint density at radius 1 is 1.08 bits per heavy atom. The van der Waals surface area contributed by atoms with E-state index >= 15 is 0 Å². The van der Waals surface area contributed by atoms with Crippen LogP contribution in [0.3, 0.4) is 0 Å². The first-order chi connectivity index (χ1) is 18.6. The molecule has 1 amide bonds. The summed E-state index contributed by atoms with van der Waals surface area (Å²) >= 11 is 4.92. The van der Waals surface area contributed by atoms with Gasteiger partial charge in [0.05, 0.1) is 16.7 Å². The highest BCUT2D eigenvalue weighted by atomic mass is 79.9. The van der Waals surface area contributed by atoms with Crippen molar-refractivity contribution in [3.63, 3.8) is 0 Å². The molecule has 2 aromatic carbocycles. The maximum Gasteiger partial charge on any atom is 0.283 e. The van der Waals surface area contributed by atoms with Crippen molar-refractivity contribution in [2.24, 2.45) is 10.1 Å². The Labute approximate surface area is 242 Å². The van der Waals surface area contributed by atoms with E-state index in [9.17, 15) is 4.79 Å². The zero-order valence-corrected chi connectivity index (χ0v) is 25.2. The average molecular weight is 614 g/mol. The SMILES string of the molecule is CCCC1=NN2C(=N)/C(=C\c3cc(Br)c(OCCOc4ccc(C(C)(C)C)cc4)c(OCC)c3)C(=O)N=C2S1. The highest BCUT2D eigenvalue weighted by molar-refractivity contribution is 9.10. The summed E-state index contributed by atoms with van der Waals surface area (Å²) in [5.74, 6) is 1.39. The molecule has 0 saturated carbocycles. The van der Waals surface area contributed by atoms with Crippen molar-refractivity contribution in [2.45, 2.75) is 52.9 Å². The van der Waals surface area contributed by atoms with Crippen LogP contribution in [0.1, 0.15) is 58.6 Å². The minimum atomic E-state index is -0.464. The molecule has 0 aliphatic carbocycles. The van der Waals surface area contributed by atoms with Gasteiger partial charge in [0.25, 0.3) is 5.91 Å². The fourth-order valence-corrected chi connectivity index (χ4v) is 5.50. The van der Waals surface area contributed by atoms with Gasteiger partial charge in [-0.05, 0) is 94.3 Å². The number of amides is 1. The van der Waals surface area contributed by atoms with Gasteiger partial charge < -0.3 is 14.2 Å². The third kappa shape index (κ3) is 6.91. The molecule has 0 aromatic heterocycles. The molecule has 0 radical (unpaired) electrons. The first-order valence-corrected chi connectivity index (χ1v) is 14.5. The number of carbonyl (C=O) groups excluding carboxylic acids is 1. The zero-order valence-electron chi connectivity index (χ0n) is 22.8. The molecule has 0 fully saturated rings. The summed E-state index contributed by atoms with van der Waals surface area (Å²) in [6.45, 7) is 11.6. The molecule has 0 unspecified atom stereocenters. The van der Waals surface area contributed by atoms with Gasteiger partial charge in [-0.25, -0.2) is 0 Å². The van der Waals surface area contributed by atoms with E-state index in [1.54, 1.807) is 12.1 Å². The minimum Gasteiger partial charge on any atom is -0.490 e. The lowest BCUT2D eigenvalue weighted by Crippen LogP contribution is -2.35. The summed E-state index contributed by atoms with van der Waals surface area (Å²) in [5, 5.41) is 15.8. The lowest BCUT2D eigenvalue weighted by molar-refractivity contribution is -0.114. The van der Waals surface area contributed by atoms with Crippen molar-refractivity contribution in [3.8, 4) is 17.2 Å². The Bertz CT molecular complexity index is 1350. The molecule has 8 nitrogen and oxygen atoms in total. The van der Waals surface area contributed by atoms with Crippen molar-refractivity contribution >= 4 is 55.7 Å². The highest BCUT2D eigenvalue weighted by Gasteiger charge is 2.35. The number of nitrogens with zero attached hydrogens (tertiary/aromatic N) is 3. The van der Waals surface area contributed by atoms with Crippen molar-refractivity contribution in [1.82, 2.24) is 5.01 Å². The molecule has 0 atom stereocenters. The van der Waals surface area contributed by atoms with Crippen LogP contribution in [0.4, 0.5) is 0 Å². The van der Waals surface area contributed by atoms with Crippen molar-refractivity contribution < 1.29 is 19.0 Å². The summed E-state index contributed by atoms with van der Waals surface area (Å²) in [5.41, 5.74) is 2.17. The number of carbonyl (C=O) groups is 1. The van der Waals surface area contributed by atoms with E-state index in [1.165, 1.54) is 22.3 Å². The summed E-state index contributed by atoms with van der Waals surface area (Å²) in [6, 6.07) is 11.7. The van der Waals surface area contributed by atoms with Gasteiger partial charge in [-0.15, -0.1) is 0 Å². The molecule has 4 rings (SSSR count). The van der Waals surface area contributed by atoms with E-state index < -0.39 is 5.91 Å². The number of ether oxygens (including phenoxy) is 3. The van der Waals surface area contributed by atoms with Gasteiger partial charge in [0, 0.05) is 0 Å². The van der Waals surface area contributed by atoms with E-state index in [4.69, 9.17) is 19.6 Å². The van der Waals surface area contributed by atoms with Crippen LogP contribution in [0.15, 0.2) is 56.5 Å². The van der Waals surface area contributed by atoms with Crippen LogP contribution in [0.5, 0.6) is 17.2 Å². The summed E-state index contributed by atoms with van der Waals surface area (Å²) in [6.07, 6.45) is 3.34. The van der Waals surface area contributed by atoms with Crippen molar-refractivity contribution in [2.75, 3.05) is 19.8 Å². The number of amidine groups is 2. The number of hydrogen-bond donors (Lipinski definition) is 1. The van der Waals surface area contributed by atoms with E-state index in [0.717, 1.165) is 23.6 Å². The number of benzene rings is 2. The van der Waals surface area contributed by atoms with Gasteiger partial charge in [0.2, 0.25) is 5.17 Å². The normalized spacial score (nSPS) is 16.3. The molecule has 0 saturated heterocycles. The summed E-state index contributed by atoms with van der Waals surface area (Å²) in [7, 11) is 0. The van der Waals surface area contributed by atoms with Gasteiger partial charge in [0.15, 0.2) is 17.3 Å². The molecular formula is C29H33BrN4O4S. The van der Waals surface area contributed by atoms with Crippen LogP contribution in [-0.4, -0.2) is 46.8 Å². The van der Waals surface area contributed by atoms with Gasteiger partial charge in [-0.3, -0.25) is 10.2 Å². The Kier molecular flexibility index (Phi) is 9.17. The van der Waals surface area contributed by atoms with Gasteiger partial charge in [-0.1, -0.05) is 39.8 Å². The quantitative estimate of drug-likeness (QED) is 0.229. The van der Waals surface area contributed by atoms with E-state index in [2.05, 4.69) is 65.9 Å². The second-order valence-corrected chi connectivity index (χ2v) is 11.9. The monoisotopic (exact) mass is 612 g/mol. The minimum absolute atomic E-state index is 0.00527. The van der Waals surface area contributed by atoms with E-state index in [-0.39, 0.29) is 16.8 Å². The van der Waals surface area contributed by atoms with Crippen molar-refractivity contribution in [3.05, 3.63) is 57.6 Å². The number of nitrogens with one attached hydrogen (secondary N) is 1. The zero-order chi connectivity index (χ0) is 28.2. The molecule has 2 aliphatic heterocycles. The number of fused-ring (bicyclic) bond motifs is 1. The van der Waals surface area contributed by atoms with Crippen LogP contribution < -0.4 is 14.2 Å². The predicted molar refractivity (Wildman–Crippen MR) is 161 cm³/mol. The first-order valence-electron chi connectivity index (χ1n) is 12.9. The first kappa shape index (κ1) is 28.9. The third-order valence-electron chi connectivity index (χ3n) is 5.92. The average Bonchev–Trinajstić information content (AvgIpc) is 3.28. The maximum atomic E-state index is 12.8. The molecule has 2 aromatic rings. The molecule has 1 N–H and O–H groups in total. The van der Waals surface area contributed by atoms with Crippen LogP contribution >= 0.6 is 27.7 Å². The Hall–Kier alpha value is -3.11. The number of hydrogen-bond acceptors (Lipinski definition) is 7. The lowest BCUT2D eigenvalue weighted by Gasteiger charge is -2.20. The molecule has 10 heteroatoms. The summed E-state index contributed by atoms with van der Waals surface area (Å²) < 4.78 is 18.4. The second-order valence-electron chi connectivity index (χ2n) is 10.00. The van der Waals surface area contributed by atoms with Crippen LogP contribution in [-0.2, 0) is 10.2 Å². The van der Waals surface area contributed by atoms with Crippen molar-refractivity contribution in [1.29, 1.82) is 5.41 Å². The lowest BCUT2D eigenvalue weighted by atomic mass is 9.87. The van der Waals surface area contributed by atoms with Gasteiger partial charge >= 0.3 is 0 Å². The summed E-state index contributed by atoms with van der Waals surface area (Å²) in [4.78, 5) is 16.9. The second kappa shape index (κ2) is 12.4. The maximum absolute atomic E-state index is 12.8. The van der Waals surface area contributed by atoms with E-state index in [1.807, 2.05) is 25.1 Å². The standard InChI is InChI=1S/C29H33BrN4O4S/c1-6-8-24-33-34-26(31)21(27(35)32-28(34)39-24)15-18-16-22(30)25(23(17-18)36-7-2)38-14-13-37-20-11-9-19(10-12-20)29(3,4)5/h9-12,15-17,31H,6-8,13-14H2,1-5H3/b21-15+,31-26?. The molecule has 2 heterocycles. The fraction of sp³-hybridized carbons (Fsp3) is 0.379. The van der Waals surface area contributed by atoms with Gasteiger partial charge in [0.1, 0.15) is 24.0 Å². The molecule has 206 valence electrons. The number of rotatable bonds is 10. The molecule has 39 heavy (non-hydrogen) atoms. The van der Waals surface area contributed by atoms with Crippen LogP contribution in [0.2, 0.25) is 0 Å². The number of aliphatic imine (C=N–C) groups is 1. The van der Waals surface area contributed by atoms with Gasteiger partial charge in [-0.2, -0.15) is 15.1 Å². The molecule has 0 bridgehead atoms. The fourth-order valence-electron chi connectivity index (χ4n) is 3.94. The third-order valence-corrected chi connectivity index (χ3v) is 7.48. The smallest absolute Gasteiger partial charge is 0.283 e. The Balaban J connectivity index is 1.46.